The first-order valence-corrected chi connectivity index (χ1v) is 11.9. The summed E-state index contributed by atoms with van der Waals surface area (Å²) < 4.78 is 25.5. The van der Waals surface area contributed by atoms with Crippen LogP contribution in [0.3, 0.4) is 0 Å². The topological polar surface area (TPSA) is 69.7 Å². The molecule has 0 radical (unpaired) electrons. The van der Waals surface area contributed by atoms with E-state index in [2.05, 4.69) is 0 Å². The van der Waals surface area contributed by atoms with Gasteiger partial charge in [-0.25, -0.2) is 0 Å². The van der Waals surface area contributed by atoms with Crippen molar-refractivity contribution in [2.75, 3.05) is 14.2 Å². The molecule has 0 heterocycles. The molecule has 0 aromatic heterocycles. The molecule has 0 aliphatic rings. The predicted molar refractivity (Wildman–Crippen MR) is 127 cm³/mol. The number of carbonyl (C=O) groups is 2. The predicted octanol–water partition coefficient (Wildman–Crippen LogP) is 5.61. The van der Waals surface area contributed by atoms with Crippen LogP contribution in [0.15, 0.2) is 54.6 Å². The minimum atomic E-state index is -4.30. The van der Waals surface area contributed by atoms with Gasteiger partial charge in [-0.2, -0.15) is 0 Å². The molecule has 0 spiro atoms. The zero-order valence-electron chi connectivity index (χ0n) is 19.2. The average Bonchev–Trinajstić information content (AvgIpc) is 2.77. The van der Waals surface area contributed by atoms with E-state index in [0.29, 0.717) is 16.7 Å². The highest BCUT2D eigenvalue weighted by molar-refractivity contribution is 8.01. The Balaban J connectivity index is 2.34. The van der Waals surface area contributed by atoms with E-state index in [1.807, 2.05) is 26.0 Å². The zero-order chi connectivity index (χ0) is 23.6. The smallest absolute Gasteiger partial charge is 0.249 e. The molecule has 0 fully saturated rings. The van der Waals surface area contributed by atoms with Crippen LogP contribution in [-0.4, -0.2) is 25.3 Å². The Bertz CT molecular complexity index is 1200. The van der Waals surface area contributed by atoms with Crippen LogP contribution >= 0.6 is 7.14 Å². The highest BCUT2D eigenvalue weighted by Gasteiger charge is 2.45. The maximum Gasteiger partial charge on any atom is 0.249 e. The monoisotopic (exact) mass is 450 g/mol. The van der Waals surface area contributed by atoms with Crippen molar-refractivity contribution in [3.05, 3.63) is 88.0 Å². The maximum atomic E-state index is 14.6. The third kappa shape index (κ3) is 4.01. The van der Waals surface area contributed by atoms with E-state index in [-0.39, 0.29) is 22.4 Å². The molecule has 0 aliphatic heterocycles. The molecule has 1 atom stereocenters. The van der Waals surface area contributed by atoms with Gasteiger partial charge in [0.1, 0.15) is 17.1 Å². The van der Waals surface area contributed by atoms with E-state index >= 15 is 0 Å². The molecule has 0 saturated carbocycles. The minimum absolute atomic E-state index is 0.00329. The molecule has 3 aromatic carbocycles. The van der Waals surface area contributed by atoms with Crippen molar-refractivity contribution in [2.24, 2.45) is 0 Å². The van der Waals surface area contributed by atoms with Crippen molar-refractivity contribution in [3.8, 4) is 11.5 Å². The summed E-state index contributed by atoms with van der Waals surface area (Å²) in [5.74, 6) is 0.432. The SMILES string of the molecule is COc1cc(C)cc(OC)c1C(=O)P(=O)(C(=O)c1c(C)cc(C)cc1C)c1ccccc1. The van der Waals surface area contributed by atoms with Gasteiger partial charge in [0.15, 0.2) is 0 Å². The standard InChI is InChI=1S/C26H27O5P/c1-16-12-18(3)23(19(4)13-16)25(27)32(29,20-10-8-7-9-11-20)26(28)24-21(30-5)14-17(2)15-22(24)31-6/h7-15H,1-6H3. The van der Waals surface area contributed by atoms with Gasteiger partial charge in [0.05, 0.1) is 14.2 Å². The lowest BCUT2D eigenvalue weighted by molar-refractivity contribution is 0.103. The normalized spacial score (nSPS) is 12.7. The molecule has 0 bridgehead atoms. The van der Waals surface area contributed by atoms with Crippen molar-refractivity contribution in [2.45, 2.75) is 27.7 Å². The van der Waals surface area contributed by atoms with Crippen LogP contribution in [0.25, 0.3) is 0 Å². The molecule has 0 amide bonds. The summed E-state index contributed by atoms with van der Waals surface area (Å²) in [5.41, 5.74) is 1.97. The van der Waals surface area contributed by atoms with Crippen LogP contribution in [0, 0.1) is 27.7 Å². The van der Waals surface area contributed by atoms with E-state index in [1.54, 1.807) is 56.3 Å². The van der Waals surface area contributed by atoms with Gasteiger partial charge in [0, 0.05) is 10.9 Å². The molecule has 1 unspecified atom stereocenters. The Morgan fingerprint density at radius 3 is 1.59 bits per heavy atom. The summed E-state index contributed by atoms with van der Waals surface area (Å²) in [4.78, 5) is 27.9. The van der Waals surface area contributed by atoms with Crippen molar-refractivity contribution in [3.63, 3.8) is 0 Å². The Kier molecular flexibility index (Phi) is 6.71. The van der Waals surface area contributed by atoms with E-state index in [4.69, 9.17) is 9.47 Å². The van der Waals surface area contributed by atoms with Gasteiger partial charge in [-0.05, 0) is 56.5 Å². The summed E-state index contributed by atoms with van der Waals surface area (Å²) in [6, 6.07) is 15.2. The fourth-order valence-electron chi connectivity index (χ4n) is 4.05. The number of carbonyl (C=O) groups excluding carboxylic acids is 2. The van der Waals surface area contributed by atoms with Crippen LogP contribution in [0.4, 0.5) is 0 Å². The molecule has 0 saturated heterocycles. The number of ether oxygens (including phenoxy) is 2. The Morgan fingerprint density at radius 1 is 0.688 bits per heavy atom. The van der Waals surface area contributed by atoms with Crippen molar-refractivity contribution in [1.29, 1.82) is 0 Å². The average molecular weight is 450 g/mol. The number of methoxy groups -OCH3 is 2. The van der Waals surface area contributed by atoms with E-state index < -0.39 is 18.2 Å². The molecule has 6 heteroatoms. The maximum absolute atomic E-state index is 14.6. The largest absolute Gasteiger partial charge is 0.496 e. The first-order chi connectivity index (χ1) is 15.1. The van der Waals surface area contributed by atoms with Gasteiger partial charge in [-0.1, -0.05) is 48.0 Å². The lowest BCUT2D eigenvalue weighted by atomic mass is 10.0. The molecule has 0 N–H and O–H groups in total. The van der Waals surface area contributed by atoms with Crippen molar-refractivity contribution >= 4 is 23.5 Å². The van der Waals surface area contributed by atoms with Crippen LogP contribution in [-0.2, 0) is 4.57 Å². The lowest BCUT2D eigenvalue weighted by Crippen LogP contribution is -2.22. The summed E-state index contributed by atoms with van der Waals surface area (Å²) in [5, 5.41) is 0.180. The summed E-state index contributed by atoms with van der Waals surface area (Å²) >= 11 is 0. The fraction of sp³-hybridized carbons (Fsp3) is 0.231. The first-order valence-electron chi connectivity index (χ1n) is 10.2. The fourth-order valence-corrected chi connectivity index (χ4v) is 6.50. The molecule has 166 valence electrons. The van der Waals surface area contributed by atoms with Crippen LogP contribution in [0.1, 0.15) is 43.0 Å². The van der Waals surface area contributed by atoms with Crippen molar-refractivity contribution in [1.82, 2.24) is 0 Å². The van der Waals surface area contributed by atoms with Gasteiger partial charge in [-0.3, -0.25) is 9.59 Å². The van der Waals surface area contributed by atoms with Crippen LogP contribution < -0.4 is 14.8 Å². The molecule has 3 aromatic rings. The Labute approximate surface area is 188 Å². The second kappa shape index (κ2) is 9.13. The zero-order valence-corrected chi connectivity index (χ0v) is 20.1. The highest BCUT2D eigenvalue weighted by Crippen LogP contribution is 2.54. The summed E-state index contributed by atoms with van der Waals surface area (Å²) in [7, 11) is -1.45. The van der Waals surface area contributed by atoms with E-state index in [1.165, 1.54) is 14.2 Å². The highest BCUT2D eigenvalue weighted by atomic mass is 31.2. The third-order valence-corrected chi connectivity index (χ3v) is 8.06. The number of rotatable bonds is 7. The van der Waals surface area contributed by atoms with Gasteiger partial charge in [0.25, 0.3) is 0 Å². The molecule has 0 aliphatic carbocycles. The minimum Gasteiger partial charge on any atom is -0.496 e. The Hall–Kier alpha value is -3.17. The van der Waals surface area contributed by atoms with Crippen molar-refractivity contribution < 1.29 is 23.6 Å². The summed E-state index contributed by atoms with van der Waals surface area (Å²) in [6.07, 6.45) is 0. The van der Waals surface area contributed by atoms with E-state index in [0.717, 1.165) is 11.1 Å². The Morgan fingerprint density at radius 2 is 1.12 bits per heavy atom. The molecule has 5 nitrogen and oxygen atoms in total. The number of benzene rings is 3. The summed E-state index contributed by atoms with van der Waals surface area (Å²) in [6.45, 7) is 7.35. The second-order valence-corrected chi connectivity index (χ2v) is 10.4. The molecule has 3 rings (SSSR count). The van der Waals surface area contributed by atoms with Gasteiger partial charge in [-0.15, -0.1) is 0 Å². The second-order valence-electron chi connectivity index (χ2n) is 7.87. The van der Waals surface area contributed by atoms with Gasteiger partial charge < -0.3 is 14.0 Å². The third-order valence-electron chi connectivity index (χ3n) is 5.45. The van der Waals surface area contributed by atoms with Gasteiger partial charge in [0.2, 0.25) is 18.2 Å². The lowest BCUT2D eigenvalue weighted by Gasteiger charge is -2.21. The van der Waals surface area contributed by atoms with Crippen LogP contribution in [0.2, 0.25) is 0 Å². The molecular weight excluding hydrogens is 423 g/mol. The molecule has 32 heavy (non-hydrogen) atoms. The van der Waals surface area contributed by atoms with E-state index in [9.17, 15) is 14.2 Å². The molecular formula is C26H27O5P. The number of hydrogen-bond donors (Lipinski definition) is 0. The quantitative estimate of drug-likeness (QED) is 0.438. The number of hydrogen-bond acceptors (Lipinski definition) is 5. The van der Waals surface area contributed by atoms with Crippen LogP contribution in [0.5, 0.6) is 11.5 Å². The number of aryl methyl sites for hydroxylation is 4. The first kappa shape index (κ1) is 23.5. The van der Waals surface area contributed by atoms with Gasteiger partial charge >= 0.3 is 0 Å².